The van der Waals surface area contributed by atoms with Crippen molar-refractivity contribution in [2.75, 3.05) is 10.6 Å². The van der Waals surface area contributed by atoms with Crippen molar-refractivity contribution in [1.29, 1.82) is 5.41 Å². The molecule has 0 fully saturated rings. The van der Waals surface area contributed by atoms with Gasteiger partial charge in [-0.3, -0.25) is 4.68 Å². The topological polar surface area (TPSA) is 91.5 Å². The van der Waals surface area contributed by atoms with Gasteiger partial charge in [0.25, 0.3) is 0 Å². The van der Waals surface area contributed by atoms with Crippen LogP contribution < -0.4 is 10.6 Å². The molecular weight excluding hydrogens is 302 g/mol. The van der Waals surface area contributed by atoms with Gasteiger partial charge in [-0.25, -0.2) is 4.98 Å². The van der Waals surface area contributed by atoms with E-state index in [1.54, 1.807) is 17.1 Å². The lowest BCUT2D eigenvalue weighted by Gasteiger charge is -2.11. The van der Waals surface area contributed by atoms with E-state index >= 15 is 0 Å². The monoisotopic (exact) mass is 321 g/mol. The van der Waals surface area contributed by atoms with Gasteiger partial charge in [-0.2, -0.15) is 10.1 Å². The summed E-state index contributed by atoms with van der Waals surface area (Å²) in [6.07, 6.45) is 6.41. The van der Waals surface area contributed by atoms with E-state index in [2.05, 4.69) is 44.8 Å². The van der Waals surface area contributed by atoms with Gasteiger partial charge in [-0.1, -0.05) is 24.3 Å². The van der Waals surface area contributed by atoms with Crippen LogP contribution in [0.2, 0.25) is 0 Å². The van der Waals surface area contributed by atoms with Crippen molar-refractivity contribution in [3.8, 4) is 0 Å². The van der Waals surface area contributed by atoms with Crippen LogP contribution in [0.1, 0.15) is 16.7 Å². The Labute approximate surface area is 140 Å². The maximum absolute atomic E-state index is 7.53. The Balaban J connectivity index is 1.79. The van der Waals surface area contributed by atoms with Gasteiger partial charge in [-0.15, -0.1) is 0 Å². The van der Waals surface area contributed by atoms with E-state index in [-0.39, 0.29) is 0 Å². The number of benzene rings is 1. The highest BCUT2D eigenvalue weighted by Crippen LogP contribution is 2.17. The molecule has 2 heterocycles. The summed E-state index contributed by atoms with van der Waals surface area (Å²) in [4.78, 5) is 8.71. The molecule has 0 bridgehead atoms. The molecule has 0 radical (unpaired) electrons. The lowest BCUT2D eigenvalue weighted by molar-refractivity contribution is 0.768. The van der Waals surface area contributed by atoms with Crippen LogP contribution in [0.25, 0.3) is 0 Å². The molecule has 2 aromatic heterocycles. The van der Waals surface area contributed by atoms with Gasteiger partial charge in [0.1, 0.15) is 5.82 Å². The molecule has 0 saturated heterocycles. The molecule has 0 amide bonds. The zero-order valence-electron chi connectivity index (χ0n) is 13.6. The highest BCUT2D eigenvalue weighted by Gasteiger charge is 2.07. The van der Waals surface area contributed by atoms with Gasteiger partial charge in [0.2, 0.25) is 5.95 Å². The zero-order chi connectivity index (χ0) is 16.9. The van der Waals surface area contributed by atoms with Crippen molar-refractivity contribution in [3.05, 3.63) is 59.5 Å². The van der Waals surface area contributed by atoms with Crippen LogP contribution >= 0.6 is 0 Å². The molecule has 0 aliphatic rings. The van der Waals surface area contributed by atoms with E-state index < -0.39 is 0 Å². The molecule has 0 atom stereocenters. The Bertz CT molecular complexity index is 854. The molecule has 0 spiro atoms. The van der Waals surface area contributed by atoms with E-state index in [1.807, 2.05) is 25.4 Å². The third-order valence-corrected chi connectivity index (χ3v) is 3.64. The number of aromatic nitrogens is 4. The minimum Gasteiger partial charge on any atom is -0.365 e. The number of hydrogen-bond acceptors (Lipinski definition) is 6. The molecule has 1 aromatic carbocycles. The molecule has 24 heavy (non-hydrogen) atoms. The van der Waals surface area contributed by atoms with E-state index in [4.69, 9.17) is 5.41 Å². The fourth-order valence-corrected chi connectivity index (χ4v) is 2.30. The SMILES string of the molecule is Cc1ccccc1CNc1nc(Nc2cnn(C)c2)ncc1C=N. The number of nitrogens with zero attached hydrogens (tertiary/aromatic N) is 4. The first-order valence-corrected chi connectivity index (χ1v) is 7.57. The van der Waals surface area contributed by atoms with E-state index in [1.165, 1.54) is 17.3 Å². The molecular formula is C17H19N7. The smallest absolute Gasteiger partial charge is 0.229 e. The normalized spacial score (nSPS) is 10.4. The Morgan fingerprint density at radius 1 is 1.25 bits per heavy atom. The molecule has 3 aromatic rings. The summed E-state index contributed by atoms with van der Waals surface area (Å²) < 4.78 is 1.70. The van der Waals surface area contributed by atoms with Crippen molar-refractivity contribution in [2.24, 2.45) is 7.05 Å². The summed E-state index contributed by atoms with van der Waals surface area (Å²) in [6.45, 7) is 2.71. The van der Waals surface area contributed by atoms with Crippen LogP contribution in [-0.4, -0.2) is 26.0 Å². The van der Waals surface area contributed by atoms with Crippen molar-refractivity contribution in [3.63, 3.8) is 0 Å². The Morgan fingerprint density at radius 3 is 2.79 bits per heavy atom. The molecule has 3 N–H and O–H groups in total. The fraction of sp³-hybridized carbons (Fsp3) is 0.176. The maximum Gasteiger partial charge on any atom is 0.229 e. The third-order valence-electron chi connectivity index (χ3n) is 3.64. The second kappa shape index (κ2) is 6.91. The van der Waals surface area contributed by atoms with Crippen molar-refractivity contribution in [1.82, 2.24) is 19.7 Å². The highest BCUT2D eigenvalue weighted by atomic mass is 15.3. The van der Waals surface area contributed by atoms with Gasteiger partial charge in [0.05, 0.1) is 17.4 Å². The average molecular weight is 321 g/mol. The van der Waals surface area contributed by atoms with Crippen LogP contribution in [0, 0.1) is 12.3 Å². The molecule has 0 aliphatic heterocycles. The first kappa shape index (κ1) is 15.7. The van der Waals surface area contributed by atoms with E-state index in [0.29, 0.717) is 23.9 Å². The van der Waals surface area contributed by atoms with Crippen LogP contribution in [0.4, 0.5) is 17.5 Å². The molecule has 122 valence electrons. The predicted octanol–water partition coefficient (Wildman–Crippen LogP) is 2.87. The minimum atomic E-state index is 0.459. The number of anilines is 3. The zero-order valence-corrected chi connectivity index (χ0v) is 13.6. The summed E-state index contributed by atoms with van der Waals surface area (Å²) in [7, 11) is 1.85. The third kappa shape index (κ3) is 3.57. The molecule has 0 unspecified atom stereocenters. The lowest BCUT2D eigenvalue weighted by Crippen LogP contribution is -2.08. The molecule has 0 aliphatic carbocycles. The average Bonchev–Trinajstić information content (AvgIpc) is 2.99. The number of hydrogen-bond donors (Lipinski definition) is 3. The van der Waals surface area contributed by atoms with Crippen LogP contribution in [0.3, 0.4) is 0 Å². The number of nitrogens with one attached hydrogen (secondary N) is 3. The second-order valence-corrected chi connectivity index (χ2v) is 5.45. The van der Waals surface area contributed by atoms with E-state index in [0.717, 1.165) is 5.69 Å². The fourth-order valence-electron chi connectivity index (χ4n) is 2.30. The first-order valence-electron chi connectivity index (χ1n) is 7.57. The molecule has 0 saturated carbocycles. The minimum absolute atomic E-state index is 0.459. The van der Waals surface area contributed by atoms with Gasteiger partial charge >= 0.3 is 0 Å². The van der Waals surface area contributed by atoms with Crippen molar-refractivity contribution < 1.29 is 0 Å². The van der Waals surface area contributed by atoms with Crippen LogP contribution in [0.5, 0.6) is 0 Å². The van der Waals surface area contributed by atoms with Crippen LogP contribution in [0.15, 0.2) is 42.9 Å². The highest BCUT2D eigenvalue weighted by molar-refractivity contribution is 5.84. The van der Waals surface area contributed by atoms with Gasteiger partial charge in [0.15, 0.2) is 0 Å². The summed E-state index contributed by atoms with van der Waals surface area (Å²) >= 11 is 0. The quantitative estimate of drug-likeness (QED) is 0.607. The predicted molar refractivity (Wildman–Crippen MR) is 94.9 cm³/mol. The molecule has 7 nitrogen and oxygen atoms in total. The van der Waals surface area contributed by atoms with E-state index in [9.17, 15) is 0 Å². The molecule has 3 rings (SSSR count). The Kier molecular flexibility index (Phi) is 4.51. The van der Waals surface area contributed by atoms with Gasteiger partial charge in [0, 0.05) is 32.2 Å². The Hall–Kier alpha value is -3.22. The largest absolute Gasteiger partial charge is 0.365 e. The summed E-state index contributed by atoms with van der Waals surface area (Å²) in [5, 5.41) is 18.0. The maximum atomic E-state index is 7.53. The first-order chi connectivity index (χ1) is 11.7. The van der Waals surface area contributed by atoms with Crippen molar-refractivity contribution in [2.45, 2.75) is 13.5 Å². The number of aryl methyl sites for hydroxylation is 2. The Morgan fingerprint density at radius 2 is 2.08 bits per heavy atom. The number of rotatable bonds is 6. The van der Waals surface area contributed by atoms with Gasteiger partial charge < -0.3 is 16.0 Å². The summed E-state index contributed by atoms with van der Waals surface area (Å²) in [5.41, 5.74) is 3.85. The summed E-state index contributed by atoms with van der Waals surface area (Å²) in [6, 6.07) is 8.17. The standard InChI is InChI=1S/C17H19N7/c1-12-5-3-4-6-13(12)8-19-16-14(7-18)9-20-17(23-16)22-15-10-21-24(2)11-15/h3-7,9-11,18H,8H2,1-2H3,(H2,19,20,22,23). The second-order valence-electron chi connectivity index (χ2n) is 5.45. The summed E-state index contributed by atoms with van der Waals surface area (Å²) in [5.74, 6) is 1.08. The van der Waals surface area contributed by atoms with Gasteiger partial charge in [-0.05, 0) is 18.1 Å². The van der Waals surface area contributed by atoms with Crippen molar-refractivity contribution >= 4 is 23.7 Å². The molecule has 7 heteroatoms. The lowest BCUT2D eigenvalue weighted by atomic mass is 10.1. The van der Waals surface area contributed by atoms with Crippen LogP contribution in [-0.2, 0) is 13.6 Å².